The molecule has 1 unspecified atom stereocenters. The topological polar surface area (TPSA) is 64.7 Å². The second-order valence-electron chi connectivity index (χ2n) is 4.57. The Morgan fingerprint density at radius 2 is 1.60 bits per heavy atom. The maximum atomic E-state index is 10.6. The summed E-state index contributed by atoms with van der Waals surface area (Å²) in [6.07, 6.45) is 0. The van der Waals surface area contributed by atoms with Gasteiger partial charge >= 0.3 is 0 Å². The molecule has 0 aliphatic carbocycles. The normalized spacial score (nSPS) is 13.6. The average Bonchev–Trinajstić information content (AvgIpc) is 2.54. The third-order valence-corrected chi connectivity index (χ3v) is 3.19. The molecule has 106 valence electrons. The van der Waals surface area contributed by atoms with E-state index >= 15 is 0 Å². The van der Waals surface area contributed by atoms with Crippen molar-refractivity contribution in [3.05, 3.63) is 60.2 Å². The second kappa shape index (κ2) is 6.41. The van der Waals surface area contributed by atoms with Crippen LogP contribution >= 0.6 is 0 Å². The summed E-state index contributed by atoms with van der Waals surface area (Å²) in [5.41, 5.74) is 5.25. The maximum absolute atomic E-state index is 10.6. The summed E-state index contributed by atoms with van der Waals surface area (Å²) in [6.45, 7) is 0.188. The molecule has 2 aromatic carbocycles. The van der Waals surface area contributed by atoms with Gasteiger partial charge in [-0.1, -0.05) is 30.3 Å². The molecule has 0 bridgehead atoms. The van der Waals surface area contributed by atoms with Crippen LogP contribution in [0, 0.1) is 0 Å². The first-order valence-corrected chi connectivity index (χ1v) is 6.43. The molecular weight excluding hydrogens is 254 g/mol. The van der Waals surface area contributed by atoms with Gasteiger partial charge < -0.3 is 20.3 Å². The zero-order valence-corrected chi connectivity index (χ0v) is 11.5. The third kappa shape index (κ3) is 3.29. The lowest BCUT2D eigenvalue weighted by atomic mass is 9.95. The number of hydrogen-bond donors (Lipinski definition) is 2. The van der Waals surface area contributed by atoms with Gasteiger partial charge in [-0.3, -0.25) is 0 Å². The fraction of sp³-hybridized carbons (Fsp3) is 0.250. The van der Waals surface area contributed by atoms with E-state index in [1.54, 1.807) is 31.4 Å². The Balaban J connectivity index is 2.06. The van der Waals surface area contributed by atoms with Gasteiger partial charge in [0, 0.05) is 6.54 Å². The summed E-state index contributed by atoms with van der Waals surface area (Å²) in [4.78, 5) is 0. The van der Waals surface area contributed by atoms with Crippen molar-refractivity contribution < 1.29 is 14.6 Å². The number of methoxy groups -OCH3 is 1. The van der Waals surface area contributed by atoms with Crippen LogP contribution in [0.2, 0.25) is 0 Å². The van der Waals surface area contributed by atoms with Crippen molar-refractivity contribution in [2.75, 3.05) is 20.3 Å². The maximum Gasteiger partial charge on any atom is 0.136 e. The highest BCUT2D eigenvalue weighted by Crippen LogP contribution is 2.23. The number of benzene rings is 2. The lowest BCUT2D eigenvalue weighted by Crippen LogP contribution is -2.40. The molecule has 4 nitrogen and oxygen atoms in total. The molecule has 0 aromatic heterocycles. The number of nitrogens with two attached hydrogens (primary N) is 1. The van der Waals surface area contributed by atoms with Crippen LogP contribution in [0.1, 0.15) is 5.56 Å². The second-order valence-corrected chi connectivity index (χ2v) is 4.57. The Morgan fingerprint density at radius 1 is 1.00 bits per heavy atom. The molecule has 0 spiro atoms. The van der Waals surface area contributed by atoms with Crippen LogP contribution in [-0.4, -0.2) is 25.4 Å². The van der Waals surface area contributed by atoms with E-state index in [4.69, 9.17) is 15.2 Å². The molecule has 0 radical (unpaired) electrons. The molecule has 0 aliphatic heterocycles. The summed E-state index contributed by atoms with van der Waals surface area (Å²) in [5.74, 6) is 1.42. The van der Waals surface area contributed by atoms with Crippen molar-refractivity contribution in [3.8, 4) is 11.5 Å². The van der Waals surface area contributed by atoms with Crippen molar-refractivity contribution in [1.82, 2.24) is 0 Å². The van der Waals surface area contributed by atoms with Crippen LogP contribution in [0.15, 0.2) is 54.6 Å². The van der Waals surface area contributed by atoms with E-state index in [1.165, 1.54) is 0 Å². The van der Waals surface area contributed by atoms with Crippen LogP contribution in [-0.2, 0) is 5.60 Å². The number of rotatable bonds is 6. The molecule has 0 amide bonds. The molecule has 3 N–H and O–H groups in total. The van der Waals surface area contributed by atoms with E-state index in [0.29, 0.717) is 5.75 Å². The van der Waals surface area contributed by atoms with Gasteiger partial charge in [-0.05, 0) is 29.8 Å². The van der Waals surface area contributed by atoms with E-state index in [0.717, 1.165) is 11.3 Å². The molecule has 2 aromatic rings. The molecule has 0 heterocycles. The SMILES string of the molecule is COc1ccc(OCC(O)(CN)c2ccccc2)cc1. The molecule has 1 atom stereocenters. The minimum atomic E-state index is -1.19. The summed E-state index contributed by atoms with van der Waals surface area (Å²) in [6, 6.07) is 16.5. The predicted molar refractivity (Wildman–Crippen MR) is 77.9 cm³/mol. The van der Waals surface area contributed by atoms with Crippen molar-refractivity contribution in [1.29, 1.82) is 0 Å². The van der Waals surface area contributed by atoms with Crippen LogP contribution in [0.4, 0.5) is 0 Å². The Bertz CT molecular complexity index is 527. The molecule has 0 saturated heterocycles. The van der Waals surface area contributed by atoms with E-state index < -0.39 is 5.60 Å². The van der Waals surface area contributed by atoms with Gasteiger partial charge in [0.15, 0.2) is 0 Å². The highest BCUT2D eigenvalue weighted by Gasteiger charge is 2.28. The van der Waals surface area contributed by atoms with Crippen molar-refractivity contribution >= 4 is 0 Å². The molecule has 0 fully saturated rings. The first kappa shape index (κ1) is 14.4. The van der Waals surface area contributed by atoms with Crippen LogP contribution in [0.25, 0.3) is 0 Å². The van der Waals surface area contributed by atoms with E-state index in [-0.39, 0.29) is 13.2 Å². The smallest absolute Gasteiger partial charge is 0.136 e. The van der Waals surface area contributed by atoms with Gasteiger partial charge in [-0.25, -0.2) is 0 Å². The Morgan fingerprint density at radius 3 is 2.15 bits per heavy atom. The minimum absolute atomic E-state index is 0.0904. The highest BCUT2D eigenvalue weighted by molar-refractivity contribution is 5.31. The van der Waals surface area contributed by atoms with Gasteiger partial charge in [-0.2, -0.15) is 0 Å². The van der Waals surface area contributed by atoms with Crippen LogP contribution in [0.3, 0.4) is 0 Å². The van der Waals surface area contributed by atoms with Gasteiger partial charge in [0.1, 0.15) is 23.7 Å². The third-order valence-electron chi connectivity index (χ3n) is 3.19. The number of aliphatic hydroxyl groups is 1. The zero-order chi connectivity index (χ0) is 14.4. The number of ether oxygens (including phenoxy) is 2. The molecule has 2 rings (SSSR count). The van der Waals surface area contributed by atoms with Crippen molar-refractivity contribution in [2.24, 2.45) is 5.73 Å². The molecule has 20 heavy (non-hydrogen) atoms. The van der Waals surface area contributed by atoms with Crippen LogP contribution in [0.5, 0.6) is 11.5 Å². The Hall–Kier alpha value is -2.04. The lowest BCUT2D eigenvalue weighted by Gasteiger charge is -2.27. The fourth-order valence-electron chi connectivity index (χ4n) is 1.88. The van der Waals surface area contributed by atoms with Gasteiger partial charge in [-0.15, -0.1) is 0 Å². The Labute approximate surface area is 118 Å². The van der Waals surface area contributed by atoms with Crippen molar-refractivity contribution in [2.45, 2.75) is 5.60 Å². The Kier molecular flexibility index (Phi) is 4.61. The summed E-state index contributed by atoms with van der Waals surface area (Å²) in [7, 11) is 1.61. The van der Waals surface area contributed by atoms with Gasteiger partial charge in [0.25, 0.3) is 0 Å². The van der Waals surface area contributed by atoms with E-state index in [9.17, 15) is 5.11 Å². The fourth-order valence-corrected chi connectivity index (χ4v) is 1.88. The molecule has 0 saturated carbocycles. The van der Waals surface area contributed by atoms with Gasteiger partial charge in [0.2, 0.25) is 0 Å². The summed E-state index contributed by atoms with van der Waals surface area (Å²) >= 11 is 0. The first-order chi connectivity index (χ1) is 9.68. The molecular formula is C16H19NO3. The van der Waals surface area contributed by atoms with Crippen LogP contribution < -0.4 is 15.2 Å². The monoisotopic (exact) mass is 273 g/mol. The number of hydrogen-bond acceptors (Lipinski definition) is 4. The van der Waals surface area contributed by atoms with E-state index in [1.807, 2.05) is 30.3 Å². The quantitative estimate of drug-likeness (QED) is 0.844. The molecule has 0 aliphatic rings. The molecule has 4 heteroatoms. The average molecular weight is 273 g/mol. The highest BCUT2D eigenvalue weighted by atomic mass is 16.5. The van der Waals surface area contributed by atoms with Crippen molar-refractivity contribution in [3.63, 3.8) is 0 Å². The summed E-state index contributed by atoms with van der Waals surface area (Å²) < 4.78 is 10.7. The summed E-state index contributed by atoms with van der Waals surface area (Å²) in [5, 5.41) is 10.6. The first-order valence-electron chi connectivity index (χ1n) is 6.43. The largest absolute Gasteiger partial charge is 0.497 e. The lowest BCUT2D eigenvalue weighted by molar-refractivity contribution is -0.00145. The minimum Gasteiger partial charge on any atom is -0.497 e. The zero-order valence-electron chi connectivity index (χ0n) is 11.5. The predicted octanol–water partition coefficient (Wildman–Crippen LogP) is 1.92. The van der Waals surface area contributed by atoms with Gasteiger partial charge in [0.05, 0.1) is 7.11 Å². The van der Waals surface area contributed by atoms with E-state index in [2.05, 4.69) is 0 Å². The standard InChI is InChI=1S/C16H19NO3/c1-19-14-7-9-15(10-8-14)20-12-16(18,11-17)13-5-3-2-4-6-13/h2-10,18H,11-12,17H2,1H3.